The fourth-order valence-corrected chi connectivity index (χ4v) is 3.68. The molecule has 0 fully saturated rings. The third kappa shape index (κ3) is 6.16. The van der Waals surface area contributed by atoms with Gasteiger partial charge in [-0.25, -0.2) is 9.97 Å². The van der Waals surface area contributed by atoms with E-state index in [1.165, 1.54) is 15.8 Å². The van der Waals surface area contributed by atoms with Crippen LogP contribution in [-0.4, -0.2) is 14.4 Å². The van der Waals surface area contributed by atoms with Gasteiger partial charge in [0.2, 0.25) is 0 Å². The average molecular weight is 396 g/mol. The Morgan fingerprint density at radius 3 is 2.39 bits per heavy atom. The normalized spacial score (nSPS) is 10.7. The maximum absolute atomic E-state index is 4.40. The topological polar surface area (TPSA) is 30.2 Å². The Balaban J connectivity index is 0.000000184. The third-order valence-corrected chi connectivity index (χ3v) is 4.95. The molecule has 0 saturated carbocycles. The summed E-state index contributed by atoms with van der Waals surface area (Å²) in [6.07, 6.45) is 6.18. The van der Waals surface area contributed by atoms with E-state index in [4.69, 9.17) is 0 Å². The summed E-state index contributed by atoms with van der Waals surface area (Å²) in [4.78, 5) is 8.70. The van der Waals surface area contributed by atoms with Gasteiger partial charge in [0.1, 0.15) is 5.82 Å². The van der Waals surface area contributed by atoms with Crippen LogP contribution in [-0.2, 0) is 12.8 Å². The van der Waals surface area contributed by atoms with E-state index in [1.54, 1.807) is 11.3 Å². The van der Waals surface area contributed by atoms with Crippen LogP contribution in [0.2, 0.25) is 0 Å². The minimum absolute atomic E-state index is 0.658. The molecule has 4 heteroatoms. The van der Waals surface area contributed by atoms with E-state index in [0.29, 0.717) is 5.92 Å². The van der Waals surface area contributed by atoms with Gasteiger partial charge < -0.3 is 4.40 Å². The molecule has 0 amide bonds. The number of rotatable bonds is 4. The minimum Gasteiger partial charge on any atom is -0.304 e. The summed E-state index contributed by atoms with van der Waals surface area (Å²) >= 11 is 1.70. The largest absolute Gasteiger partial charge is 0.304 e. The predicted octanol–water partition coefficient (Wildman–Crippen LogP) is 7.05. The van der Waals surface area contributed by atoms with Crippen LogP contribution < -0.4 is 0 Å². The van der Waals surface area contributed by atoms with Gasteiger partial charge in [-0.2, -0.15) is 0 Å². The van der Waals surface area contributed by atoms with Gasteiger partial charge in [-0.3, -0.25) is 0 Å². The second kappa shape index (κ2) is 11.0. The lowest BCUT2D eigenvalue weighted by Crippen LogP contribution is -1.99. The summed E-state index contributed by atoms with van der Waals surface area (Å²) in [5, 5.41) is 0. The van der Waals surface area contributed by atoms with Gasteiger partial charge in [0.25, 0.3) is 0 Å². The fraction of sp³-hybridized carbons (Fsp3) is 0.417. The van der Waals surface area contributed by atoms with E-state index in [0.717, 1.165) is 30.1 Å². The van der Waals surface area contributed by atoms with Crippen molar-refractivity contribution in [2.75, 3.05) is 0 Å². The van der Waals surface area contributed by atoms with E-state index in [1.807, 2.05) is 37.7 Å². The second-order valence-corrected chi connectivity index (χ2v) is 8.41. The van der Waals surface area contributed by atoms with Crippen molar-refractivity contribution in [3.63, 3.8) is 0 Å². The molecule has 4 rings (SSSR count). The Morgan fingerprint density at radius 2 is 1.68 bits per heavy atom. The molecular weight excluding hydrogens is 362 g/mol. The first kappa shape index (κ1) is 22.1. The maximum atomic E-state index is 4.40. The highest BCUT2D eigenvalue weighted by molar-refractivity contribution is 7.16. The number of fused-ring (bicyclic) bond motifs is 2. The molecule has 28 heavy (non-hydrogen) atoms. The zero-order chi connectivity index (χ0) is 20.5. The summed E-state index contributed by atoms with van der Waals surface area (Å²) in [6.45, 7) is 12.9. The average Bonchev–Trinajstić information content (AvgIpc) is 3.30. The molecule has 0 aliphatic carbocycles. The number of hydrogen-bond acceptors (Lipinski definition) is 3. The van der Waals surface area contributed by atoms with Crippen molar-refractivity contribution < 1.29 is 0 Å². The highest BCUT2D eigenvalue weighted by Crippen LogP contribution is 2.20. The van der Waals surface area contributed by atoms with E-state index in [9.17, 15) is 0 Å². The van der Waals surface area contributed by atoms with E-state index in [2.05, 4.69) is 72.5 Å². The fourth-order valence-electron chi connectivity index (χ4n) is 3.02. The highest BCUT2D eigenvalue weighted by Gasteiger charge is 2.04. The van der Waals surface area contributed by atoms with Crippen molar-refractivity contribution in [3.05, 3.63) is 65.7 Å². The highest BCUT2D eigenvalue weighted by atomic mass is 32.1. The molecule has 0 N–H and O–H groups in total. The molecule has 3 heterocycles. The van der Waals surface area contributed by atoms with E-state index in [-0.39, 0.29) is 0 Å². The molecule has 3 nitrogen and oxygen atoms in total. The minimum atomic E-state index is 0.658. The molecule has 150 valence electrons. The number of benzene rings is 1. The van der Waals surface area contributed by atoms with Gasteiger partial charge >= 0.3 is 0 Å². The van der Waals surface area contributed by atoms with Crippen LogP contribution in [0.25, 0.3) is 15.7 Å². The Labute approximate surface area is 173 Å². The van der Waals surface area contributed by atoms with Crippen molar-refractivity contribution in [3.8, 4) is 0 Å². The summed E-state index contributed by atoms with van der Waals surface area (Å²) < 4.78 is 3.44. The molecule has 0 saturated heterocycles. The first-order valence-electron chi connectivity index (χ1n) is 10.3. The third-order valence-electron chi connectivity index (χ3n) is 4.14. The Morgan fingerprint density at radius 1 is 0.929 bits per heavy atom. The van der Waals surface area contributed by atoms with Crippen molar-refractivity contribution in [1.82, 2.24) is 14.4 Å². The molecule has 0 spiro atoms. The summed E-state index contributed by atoms with van der Waals surface area (Å²) in [5.41, 5.74) is 5.62. The number of hydrogen-bond donors (Lipinski definition) is 0. The molecule has 3 aromatic heterocycles. The van der Waals surface area contributed by atoms with Crippen LogP contribution in [0.15, 0.2) is 54.3 Å². The van der Waals surface area contributed by atoms with Gasteiger partial charge in [-0.15, -0.1) is 11.3 Å². The monoisotopic (exact) mass is 395 g/mol. The number of thiazole rings is 1. The number of aromatic nitrogens is 3. The molecular formula is C24H33N3S. The van der Waals surface area contributed by atoms with Crippen LogP contribution in [0.3, 0.4) is 0 Å². The predicted molar refractivity (Wildman–Crippen MR) is 123 cm³/mol. The molecule has 0 radical (unpaired) electrons. The summed E-state index contributed by atoms with van der Waals surface area (Å²) in [6, 6.07) is 12.7. The van der Waals surface area contributed by atoms with Crippen LogP contribution in [0.5, 0.6) is 0 Å². The van der Waals surface area contributed by atoms with Crippen molar-refractivity contribution in [1.29, 1.82) is 0 Å². The van der Waals surface area contributed by atoms with E-state index < -0.39 is 0 Å². The van der Waals surface area contributed by atoms with Gasteiger partial charge in [0.15, 0.2) is 0 Å². The Hall–Kier alpha value is -2.20. The lowest BCUT2D eigenvalue weighted by Gasteiger charge is -2.03. The first-order chi connectivity index (χ1) is 13.5. The molecule has 0 aliphatic rings. The van der Waals surface area contributed by atoms with Gasteiger partial charge in [0, 0.05) is 12.6 Å². The molecule has 1 aromatic carbocycles. The quantitative estimate of drug-likeness (QED) is 0.370. The number of imidazole rings is 1. The van der Waals surface area contributed by atoms with Crippen molar-refractivity contribution in [2.24, 2.45) is 11.8 Å². The molecule has 0 atom stereocenters. The summed E-state index contributed by atoms with van der Waals surface area (Å²) in [7, 11) is 0. The molecule has 0 unspecified atom stereocenters. The summed E-state index contributed by atoms with van der Waals surface area (Å²) in [5.74, 6) is 2.53. The van der Waals surface area contributed by atoms with Gasteiger partial charge in [-0.1, -0.05) is 53.7 Å². The van der Waals surface area contributed by atoms with Crippen LogP contribution in [0.1, 0.15) is 52.9 Å². The number of pyridine rings is 1. The maximum Gasteiger partial charge on any atom is 0.113 e. The van der Waals surface area contributed by atoms with Crippen molar-refractivity contribution >= 4 is 27.1 Å². The smallest absolute Gasteiger partial charge is 0.113 e. The Kier molecular flexibility index (Phi) is 8.65. The second-order valence-electron chi connectivity index (χ2n) is 7.52. The lowest BCUT2D eigenvalue weighted by atomic mass is 10.0. The van der Waals surface area contributed by atoms with Gasteiger partial charge in [-0.05, 0) is 48.1 Å². The van der Waals surface area contributed by atoms with Crippen molar-refractivity contribution in [2.45, 2.75) is 54.4 Å². The standard InChI is InChI=1S/C11H14N2.C11H13NS.C2H6/c1-9(2)7-11-12-8-10-5-3-4-6-13(10)11;1-8(2)5-9-3-4-11-10(6-9)12-7-13-11;1-2/h3-6,8-9H,7H2,1-2H3;3-4,6-8H,5H2,1-2H3;1-2H3. The number of nitrogens with zero attached hydrogens (tertiary/aromatic N) is 3. The zero-order valence-corrected chi connectivity index (χ0v) is 18.8. The molecule has 4 aromatic rings. The zero-order valence-electron chi connectivity index (χ0n) is 18.0. The van der Waals surface area contributed by atoms with Gasteiger partial charge in [0.05, 0.1) is 27.4 Å². The van der Waals surface area contributed by atoms with Crippen LogP contribution in [0, 0.1) is 11.8 Å². The lowest BCUT2D eigenvalue weighted by molar-refractivity contribution is 0.619. The van der Waals surface area contributed by atoms with E-state index >= 15 is 0 Å². The van der Waals surface area contributed by atoms with Crippen LogP contribution in [0.4, 0.5) is 0 Å². The molecule has 0 bridgehead atoms. The SMILES string of the molecule is CC.CC(C)Cc1ccc2scnc2c1.CC(C)Cc1ncc2ccccn12. The first-order valence-corrected chi connectivity index (χ1v) is 11.1. The molecule has 0 aliphatic heterocycles. The Bertz CT molecular complexity index is 966. The van der Waals surface area contributed by atoms with Crippen LogP contribution >= 0.6 is 11.3 Å².